The molecule has 0 radical (unpaired) electrons. The Bertz CT molecular complexity index is 703. The normalized spacial score (nSPS) is 14.9. The number of ether oxygens (including phenoxy) is 1. The summed E-state index contributed by atoms with van der Waals surface area (Å²) in [5.74, 6) is 2.04. The van der Waals surface area contributed by atoms with Crippen LogP contribution in [0.15, 0.2) is 48.5 Å². The highest BCUT2D eigenvalue weighted by Crippen LogP contribution is 2.43. The van der Waals surface area contributed by atoms with Gasteiger partial charge in [-0.1, -0.05) is 24.3 Å². The van der Waals surface area contributed by atoms with Gasteiger partial charge in [-0.3, -0.25) is 4.79 Å². The van der Waals surface area contributed by atoms with Gasteiger partial charge in [0.15, 0.2) is 11.6 Å². The van der Waals surface area contributed by atoms with Crippen molar-refractivity contribution in [3.8, 4) is 5.75 Å². The van der Waals surface area contributed by atoms with E-state index in [1.54, 1.807) is 18.2 Å². The number of rotatable bonds is 6. The molecule has 0 aromatic heterocycles. The van der Waals surface area contributed by atoms with Crippen LogP contribution in [0.3, 0.4) is 0 Å². The number of hydrogen-bond acceptors (Lipinski definition) is 4. The van der Waals surface area contributed by atoms with E-state index in [-0.39, 0.29) is 18.3 Å². The van der Waals surface area contributed by atoms with Gasteiger partial charge in [0.2, 0.25) is 0 Å². The third-order valence-corrected chi connectivity index (χ3v) is 6.77. The monoisotopic (exact) mass is 377 g/mol. The molecule has 3 rings (SSSR count). The van der Waals surface area contributed by atoms with E-state index in [0.717, 1.165) is 0 Å². The third-order valence-electron chi connectivity index (χ3n) is 3.75. The quantitative estimate of drug-likeness (QED) is 0.752. The molecule has 3 nitrogen and oxygen atoms in total. The molecule has 1 heterocycles. The SMILES string of the molecule is O=C(NCCOc1ccccc1F)c1ccc(C2SCCCS2)cc1. The molecule has 25 heavy (non-hydrogen) atoms. The van der Waals surface area contributed by atoms with E-state index in [9.17, 15) is 9.18 Å². The van der Waals surface area contributed by atoms with Crippen LogP contribution in [-0.2, 0) is 0 Å². The summed E-state index contributed by atoms with van der Waals surface area (Å²) in [5.41, 5.74) is 1.88. The highest BCUT2D eigenvalue weighted by Gasteiger charge is 2.16. The molecule has 2 aromatic rings. The number of benzene rings is 2. The van der Waals surface area contributed by atoms with Crippen LogP contribution >= 0.6 is 23.5 Å². The van der Waals surface area contributed by atoms with Crippen molar-refractivity contribution in [3.05, 3.63) is 65.5 Å². The van der Waals surface area contributed by atoms with Crippen molar-refractivity contribution in [3.63, 3.8) is 0 Å². The fourth-order valence-electron chi connectivity index (χ4n) is 2.46. The van der Waals surface area contributed by atoms with Gasteiger partial charge in [-0.15, -0.1) is 23.5 Å². The predicted molar refractivity (Wildman–Crippen MR) is 103 cm³/mol. The fraction of sp³-hybridized carbons (Fsp3) is 0.316. The second kappa shape index (κ2) is 9.15. The molecule has 0 atom stereocenters. The molecular weight excluding hydrogens is 357 g/mol. The lowest BCUT2D eigenvalue weighted by atomic mass is 10.1. The Hall–Kier alpha value is -1.66. The van der Waals surface area contributed by atoms with Crippen LogP contribution in [0, 0.1) is 5.82 Å². The number of thioether (sulfide) groups is 2. The molecule has 2 aromatic carbocycles. The minimum absolute atomic E-state index is 0.146. The predicted octanol–water partition coefficient (Wildman–Crippen LogP) is 4.50. The number of carbonyl (C=O) groups excluding carboxylic acids is 1. The molecule has 0 aliphatic carbocycles. The van der Waals surface area contributed by atoms with Gasteiger partial charge in [-0.25, -0.2) is 4.39 Å². The van der Waals surface area contributed by atoms with E-state index >= 15 is 0 Å². The van der Waals surface area contributed by atoms with Crippen molar-refractivity contribution < 1.29 is 13.9 Å². The van der Waals surface area contributed by atoms with E-state index < -0.39 is 5.82 Å². The summed E-state index contributed by atoms with van der Waals surface area (Å²) in [6.07, 6.45) is 1.27. The second-order valence-corrected chi connectivity index (χ2v) is 8.31. The number of para-hydroxylation sites is 1. The first kappa shape index (κ1) is 18.1. The van der Waals surface area contributed by atoms with Crippen LogP contribution < -0.4 is 10.1 Å². The van der Waals surface area contributed by atoms with Gasteiger partial charge in [-0.05, 0) is 47.8 Å². The Morgan fingerprint density at radius 3 is 2.56 bits per heavy atom. The van der Waals surface area contributed by atoms with E-state index in [1.807, 2.05) is 47.8 Å². The molecule has 1 amide bonds. The first-order valence-corrected chi connectivity index (χ1v) is 10.3. The second-order valence-electron chi connectivity index (χ2n) is 5.58. The molecule has 0 bridgehead atoms. The molecule has 0 saturated carbocycles. The Balaban J connectivity index is 1.45. The van der Waals surface area contributed by atoms with Gasteiger partial charge in [0.25, 0.3) is 5.91 Å². The number of nitrogens with one attached hydrogen (secondary N) is 1. The molecule has 132 valence electrons. The Labute approximate surface area is 155 Å². The van der Waals surface area contributed by atoms with Crippen molar-refractivity contribution in [2.75, 3.05) is 24.7 Å². The number of halogens is 1. The summed E-state index contributed by atoms with van der Waals surface area (Å²) in [7, 11) is 0. The molecule has 1 fully saturated rings. The molecule has 0 spiro atoms. The van der Waals surface area contributed by atoms with E-state index in [4.69, 9.17) is 4.74 Å². The van der Waals surface area contributed by atoms with Gasteiger partial charge in [0.1, 0.15) is 6.61 Å². The summed E-state index contributed by atoms with van der Waals surface area (Å²) < 4.78 is 19.2. The van der Waals surface area contributed by atoms with Crippen molar-refractivity contribution in [2.45, 2.75) is 11.0 Å². The average Bonchev–Trinajstić information content (AvgIpc) is 2.67. The smallest absolute Gasteiger partial charge is 0.251 e. The zero-order valence-electron chi connectivity index (χ0n) is 13.7. The average molecular weight is 378 g/mol. The third kappa shape index (κ3) is 5.16. The summed E-state index contributed by atoms with van der Waals surface area (Å²) in [6, 6.07) is 14.0. The first-order chi connectivity index (χ1) is 12.2. The van der Waals surface area contributed by atoms with Gasteiger partial charge >= 0.3 is 0 Å². The maximum Gasteiger partial charge on any atom is 0.251 e. The highest BCUT2D eigenvalue weighted by atomic mass is 32.2. The molecule has 1 aliphatic heterocycles. The fourth-order valence-corrected chi connectivity index (χ4v) is 5.36. The molecule has 1 N–H and O–H groups in total. The molecule has 1 aliphatic rings. The standard InChI is InChI=1S/C19H20FNO2S2/c20-16-4-1-2-5-17(16)23-11-10-21-18(22)14-6-8-15(9-7-14)19-24-12-3-13-25-19/h1-2,4-9,19H,3,10-13H2,(H,21,22). The minimum Gasteiger partial charge on any atom is -0.489 e. The Kier molecular flexibility index (Phi) is 6.64. The van der Waals surface area contributed by atoms with Crippen molar-refractivity contribution in [2.24, 2.45) is 0 Å². The topological polar surface area (TPSA) is 38.3 Å². The number of hydrogen-bond donors (Lipinski definition) is 1. The molecule has 1 saturated heterocycles. The minimum atomic E-state index is -0.400. The zero-order chi connectivity index (χ0) is 17.5. The van der Waals surface area contributed by atoms with Crippen molar-refractivity contribution in [1.29, 1.82) is 0 Å². The van der Waals surface area contributed by atoms with Crippen LogP contribution in [0.2, 0.25) is 0 Å². The molecule has 0 unspecified atom stereocenters. The van der Waals surface area contributed by atoms with Crippen molar-refractivity contribution in [1.82, 2.24) is 5.32 Å². The lowest BCUT2D eigenvalue weighted by Gasteiger charge is -2.21. The van der Waals surface area contributed by atoms with Crippen molar-refractivity contribution >= 4 is 29.4 Å². The van der Waals surface area contributed by atoms with Gasteiger partial charge in [0, 0.05) is 5.56 Å². The lowest BCUT2D eigenvalue weighted by molar-refractivity contribution is 0.0946. The van der Waals surface area contributed by atoms with Crippen LogP contribution in [-0.4, -0.2) is 30.6 Å². The maximum atomic E-state index is 13.4. The summed E-state index contributed by atoms with van der Waals surface area (Å²) in [4.78, 5) is 12.2. The number of carbonyl (C=O) groups is 1. The van der Waals surface area contributed by atoms with Crippen LogP contribution in [0.4, 0.5) is 4.39 Å². The summed E-state index contributed by atoms with van der Waals surface area (Å²) in [6.45, 7) is 0.545. The Morgan fingerprint density at radius 1 is 1.12 bits per heavy atom. The van der Waals surface area contributed by atoms with Gasteiger partial charge < -0.3 is 10.1 Å². The zero-order valence-corrected chi connectivity index (χ0v) is 15.4. The Morgan fingerprint density at radius 2 is 1.84 bits per heavy atom. The van der Waals surface area contributed by atoms with E-state index in [2.05, 4.69) is 5.32 Å². The van der Waals surface area contributed by atoms with Crippen LogP contribution in [0.5, 0.6) is 5.75 Å². The molecular formula is C19H20FNO2S2. The lowest BCUT2D eigenvalue weighted by Crippen LogP contribution is -2.28. The van der Waals surface area contributed by atoms with E-state index in [1.165, 1.54) is 29.6 Å². The largest absolute Gasteiger partial charge is 0.489 e. The van der Waals surface area contributed by atoms with Crippen LogP contribution in [0.25, 0.3) is 0 Å². The maximum absolute atomic E-state index is 13.4. The summed E-state index contributed by atoms with van der Waals surface area (Å²) in [5, 5.41) is 2.79. The van der Waals surface area contributed by atoms with Crippen LogP contribution in [0.1, 0.15) is 26.9 Å². The first-order valence-electron chi connectivity index (χ1n) is 8.23. The van der Waals surface area contributed by atoms with E-state index in [0.29, 0.717) is 16.7 Å². The highest BCUT2D eigenvalue weighted by molar-refractivity contribution is 8.16. The number of amides is 1. The summed E-state index contributed by atoms with van der Waals surface area (Å²) >= 11 is 3.92. The molecule has 6 heteroatoms. The van der Waals surface area contributed by atoms with Gasteiger partial charge in [-0.2, -0.15) is 0 Å². The van der Waals surface area contributed by atoms with Gasteiger partial charge in [0.05, 0.1) is 11.1 Å².